The van der Waals surface area contributed by atoms with E-state index in [1.807, 2.05) is 4.90 Å². The lowest BCUT2D eigenvalue weighted by atomic mass is 10.1. The Kier molecular flexibility index (Phi) is 5.22. The van der Waals surface area contributed by atoms with Crippen LogP contribution in [0.2, 0.25) is 0 Å². The number of piperazine rings is 1. The van der Waals surface area contributed by atoms with Crippen LogP contribution < -0.4 is 0 Å². The smallest absolute Gasteiger partial charge is 0.253 e. The van der Waals surface area contributed by atoms with Crippen LogP contribution >= 0.6 is 0 Å². The lowest BCUT2D eigenvalue weighted by Gasteiger charge is -2.35. The van der Waals surface area contributed by atoms with Gasteiger partial charge >= 0.3 is 0 Å². The van der Waals surface area contributed by atoms with Gasteiger partial charge in [0.1, 0.15) is 0 Å². The quantitative estimate of drug-likeness (QED) is 0.805. The van der Waals surface area contributed by atoms with Crippen molar-refractivity contribution < 1.29 is 17.9 Å². The number of rotatable bonds is 4. The van der Waals surface area contributed by atoms with Crippen molar-refractivity contribution in [3.63, 3.8) is 0 Å². The SMILES string of the molecule is CS(=O)(=O)c1cccc(C(=O)N2CCN(C[C@H]3CCOC3)CC2)c1. The number of hydrogen-bond acceptors (Lipinski definition) is 5. The molecule has 0 bridgehead atoms. The fourth-order valence-corrected chi connectivity index (χ4v) is 3.94. The summed E-state index contributed by atoms with van der Waals surface area (Å²) in [6, 6.07) is 6.30. The van der Waals surface area contributed by atoms with Crippen LogP contribution in [0.15, 0.2) is 29.2 Å². The predicted octanol–water partition coefficient (Wildman–Crippen LogP) is 0.884. The highest BCUT2D eigenvalue weighted by atomic mass is 32.2. The number of carbonyl (C=O) groups is 1. The number of carbonyl (C=O) groups excluding carboxylic acids is 1. The van der Waals surface area contributed by atoms with E-state index in [-0.39, 0.29) is 10.8 Å². The Balaban J connectivity index is 1.59. The Bertz CT molecular complexity index is 690. The maximum Gasteiger partial charge on any atom is 0.253 e. The molecule has 0 saturated carbocycles. The van der Waals surface area contributed by atoms with Crippen LogP contribution in [0.5, 0.6) is 0 Å². The van der Waals surface area contributed by atoms with Crippen LogP contribution in [-0.2, 0) is 14.6 Å². The lowest BCUT2D eigenvalue weighted by molar-refractivity contribution is 0.0611. The van der Waals surface area contributed by atoms with Gasteiger partial charge in [-0.15, -0.1) is 0 Å². The van der Waals surface area contributed by atoms with Gasteiger partial charge in [0.05, 0.1) is 11.5 Å². The fraction of sp³-hybridized carbons (Fsp3) is 0.588. The first-order valence-corrected chi connectivity index (χ1v) is 10.2. The maximum atomic E-state index is 12.6. The predicted molar refractivity (Wildman–Crippen MR) is 90.8 cm³/mol. The Morgan fingerprint density at radius 3 is 2.62 bits per heavy atom. The molecule has 0 N–H and O–H groups in total. The molecule has 1 atom stereocenters. The number of benzene rings is 1. The molecule has 2 saturated heterocycles. The molecule has 2 heterocycles. The highest BCUT2D eigenvalue weighted by Crippen LogP contribution is 2.17. The topological polar surface area (TPSA) is 66.9 Å². The Labute approximate surface area is 143 Å². The Hall–Kier alpha value is -1.44. The average Bonchev–Trinajstić information content (AvgIpc) is 3.07. The van der Waals surface area contributed by atoms with E-state index < -0.39 is 9.84 Å². The van der Waals surface area contributed by atoms with Crippen molar-refractivity contribution in [3.8, 4) is 0 Å². The Morgan fingerprint density at radius 1 is 1.25 bits per heavy atom. The second-order valence-electron chi connectivity index (χ2n) is 6.62. The van der Waals surface area contributed by atoms with Gasteiger partial charge in [-0.25, -0.2) is 8.42 Å². The fourth-order valence-electron chi connectivity index (χ4n) is 3.27. The summed E-state index contributed by atoms with van der Waals surface area (Å²) in [5, 5.41) is 0. The summed E-state index contributed by atoms with van der Waals surface area (Å²) in [4.78, 5) is 17.0. The molecule has 0 spiro atoms. The first-order chi connectivity index (χ1) is 11.4. The van der Waals surface area contributed by atoms with Crippen molar-refractivity contribution in [2.75, 3.05) is 52.2 Å². The van der Waals surface area contributed by atoms with Gasteiger partial charge < -0.3 is 9.64 Å². The molecular weight excluding hydrogens is 328 g/mol. The summed E-state index contributed by atoms with van der Waals surface area (Å²) in [6.07, 6.45) is 2.28. The van der Waals surface area contributed by atoms with E-state index in [0.29, 0.717) is 24.6 Å². The van der Waals surface area contributed by atoms with Gasteiger partial charge in [0, 0.05) is 51.1 Å². The van der Waals surface area contributed by atoms with Crippen LogP contribution in [0, 0.1) is 5.92 Å². The Morgan fingerprint density at radius 2 is 2.00 bits per heavy atom. The van der Waals surface area contributed by atoms with Crippen molar-refractivity contribution in [2.24, 2.45) is 5.92 Å². The summed E-state index contributed by atoms with van der Waals surface area (Å²) < 4.78 is 28.7. The minimum atomic E-state index is -3.30. The van der Waals surface area contributed by atoms with Gasteiger partial charge in [0.15, 0.2) is 9.84 Å². The summed E-state index contributed by atoms with van der Waals surface area (Å²) in [5.74, 6) is 0.517. The normalized spacial score (nSPS) is 22.7. The molecule has 0 radical (unpaired) electrons. The number of sulfone groups is 1. The molecule has 2 fully saturated rings. The van der Waals surface area contributed by atoms with Gasteiger partial charge in [-0.2, -0.15) is 0 Å². The van der Waals surface area contributed by atoms with Crippen molar-refractivity contribution in [1.82, 2.24) is 9.80 Å². The van der Waals surface area contributed by atoms with Gasteiger partial charge in [-0.3, -0.25) is 9.69 Å². The minimum Gasteiger partial charge on any atom is -0.381 e. The van der Waals surface area contributed by atoms with E-state index in [1.54, 1.807) is 12.1 Å². The molecule has 24 heavy (non-hydrogen) atoms. The summed E-state index contributed by atoms with van der Waals surface area (Å²) in [7, 11) is -3.30. The standard InChI is InChI=1S/C17H24N2O4S/c1-24(21,22)16-4-2-3-15(11-16)17(20)19-8-6-18(7-9-19)12-14-5-10-23-13-14/h2-4,11,14H,5-10,12-13H2,1H3/t14-/m1/s1. The van der Waals surface area contributed by atoms with Gasteiger partial charge in [-0.1, -0.05) is 6.07 Å². The number of ether oxygens (including phenoxy) is 1. The zero-order valence-electron chi connectivity index (χ0n) is 14.0. The number of amides is 1. The van der Waals surface area contributed by atoms with Crippen molar-refractivity contribution in [3.05, 3.63) is 29.8 Å². The summed E-state index contributed by atoms with van der Waals surface area (Å²) in [5.41, 5.74) is 0.440. The summed E-state index contributed by atoms with van der Waals surface area (Å²) in [6.45, 7) is 5.80. The van der Waals surface area contributed by atoms with Gasteiger partial charge in [-0.05, 0) is 30.5 Å². The second-order valence-corrected chi connectivity index (χ2v) is 8.64. The first kappa shape index (κ1) is 17.4. The molecule has 0 unspecified atom stereocenters. The van der Waals surface area contributed by atoms with Crippen LogP contribution in [-0.4, -0.2) is 76.3 Å². The summed E-state index contributed by atoms with van der Waals surface area (Å²) >= 11 is 0. The molecule has 1 aromatic carbocycles. The largest absolute Gasteiger partial charge is 0.381 e. The van der Waals surface area contributed by atoms with Crippen LogP contribution in [0.25, 0.3) is 0 Å². The third-order valence-electron chi connectivity index (χ3n) is 4.71. The molecule has 7 heteroatoms. The van der Waals surface area contributed by atoms with Crippen LogP contribution in [0.4, 0.5) is 0 Å². The van der Waals surface area contributed by atoms with Crippen molar-refractivity contribution >= 4 is 15.7 Å². The van der Waals surface area contributed by atoms with E-state index in [1.165, 1.54) is 12.1 Å². The third kappa shape index (κ3) is 4.15. The third-order valence-corrected chi connectivity index (χ3v) is 5.82. The van der Waals surface area contributed by atoms with Crippen molar-refractivity contribution in [2.45, 2.75) is 11.3 Å². The van der Waals surface area contributed by atoms with Gasteiger partial charge in [0.25, 0.3) is 5.91 Å². The molecule has 0 aliphatic carbocycles. The van der Waals surface area contributed by atoms with E-state index in [9.17, 15) is 13.2 Å². The van der Waals surface area contributed by atoms with Crippen LogP contribution in [0.3, 0.4) is 0 Å². The van der Waals surface area contributed by atoms with Crippen LogP contribution in [0.1, 0.15) is 16.8 Å². The molecule has 2 aliphatic heterocycles. The van der Waals surface area contributed by atoms with Crippen molar-refractivity contribution in [1.29, 1.82) is 0 Å². The zero-order valence-corrected chi connectivity index (χ0v) is 14.8. The first-order valence-electron chi connectivity index (χ1n) is 8.33. The highest BCUT2D eigenvalue weighted by Gasteiger charge is 2.25. The van der Waals surface area contributed by atoms with E-state index >= 15 is 0 Å². The molecule has 3 rings (SSSR count). The molecule has 2 aliphatic rings. The molecule has 1 aromatic rings. The van der Waals surface area contributed by atoms with E-state index in [2.05, 4.69) is 4.90 Å². The lowest BCUT2D eigenvalue weighted by Crippen LogP contribution is -2.49. The molecule has 0 aromatic heterocycles. The van der Waals surface area contributed by atoms with E-state index in [0.717, 1.165) is 45.5 Å². The molecule has 6 nitrogen and oxygen atoms in total. The monoisotopic (exact) mass is 352 g/mol. The van der Waals surface area contributed by atoms with Gasteiger partial charge in [0.2, 0.25) is 0 Å². The van der Waals surface area contributed by atoms with E-state index in [4.69, 9.17) is 4.74 Å². The number of hydrogen-bond donors (Lipinski definition) is 0. The molecular formula is C17H24N2O4S. The minimum absolute atomic E-state index is 0.0932. The average molecular weight is 352 g/mol. The highest BCUT2D eigenvalue weighted by molar-refractivity contribution is 7.90. The zero-order chi connectivity index (χ0) is 17.2. The number of nitrogens with zero attached hydrogens (tertiary/aromatic N) is 2. The molecule has 1 amide bonds. The maximum absolute atomic E-state index is 12.6. The molecule has 132 valence electrons. The second kappa shape index (κ2) is 7.21.